The third kappa shape index (κ3) is 6.04. The average Bonchev–Trinajstić information content (AvgIpc) is 2.56. The Morgan fingerprint density at radius 2 is 1.81 bits per heavy atom. The highest BCUT2D eigenvalue weighted by molar-refractivity contribution is 5.78. The van der Waals surface area contributed by atoms with E-state index < -0.39 is 5.60 Å². The highest BCUT2D eigenvalue weighted by Gasteiger charge is 2.27. The van der Waals surface area contributed by atoms with Crippen molar-refractivity contribution in [2.75, 3.05) is 26.7 Å². The van der Waals surface area contributed by atoms with E-state index in [9.17, 15) is 9.59 Å². The number of ether oxygens (including phenoxy) is 1. The van der Waals surface area contributed by atoms with Gasteiger partial charge < -0.3 is 14.5 Å². The molecule has 26 heavy (non-hydrogen) atoms. The first kappa shape index (κ1) is 20.3. The third-order valence-electron chi connectivity index (χ3n) is 4.83. The van der Waals surface area contributed by atoms with Gasteiger partial charge in [0, 0.05) is 26.7 Å². The summed E-state index contributed by atoms with van der Waals surface area (Å²) in [5.41, 5.74) is 1.78. The topological polar surface area (TPSA) is 49.9 Å². The van der Waals surface area contributed by atoms with E-state index >= 15 is 0 Å². The van der Waals surface area contributed by atoms with Gasteiger partial charge in [0.2, 0.25) is 5.91 Å². The molecule has 0 bridgehead atoms. The standard InChI is InChI=1S/C21H32N2O3/c1-16-8-6-7-9-18(16)14-19(24)22(5)15-17-10-12-23(13-11-17)20(25)26-21(2,3)4/h6-9,17H,10-15H2,1-5H3. The summed E-state index contributed by atoms with van der Waals surface area (Å²) >= 11 is 0. The molecule has 1 aliphatic heterocycles. The number of nitrogens with zero attached hydrogens (tertiary/aromatic N) is 2. The van der Waals surface area contributed by atoms with Crippen molar-refractivity contribution in [1.82, 2.24) is 9.80 Å². The van der Waals surface area contributed by atoms with Crippen molar-refractivity contribution in [1.29, 1.82) is 0 Å². The van der Waals surface area contributed by atoms with Crippen molar-refractivity contribution in [2.24, 2.45) is 5.92 Å². The number of hydrogen-bond donors (Lipinski definition) is 0. The molecule has 2 rings (SSSR count). The number of benzene rings is 1. The number of likely N-dealkylation sites (N-methyl/N-ethyl adjacent to an activating group) is 1. The summed E-state index contributed by atoms with van der Waals surface area (Å²) in [6, 6.07) is 8.02. The molecule has 1 aromatic carbocycles. The summed E-state index contributed by atoms with van der Waals surface area (Å²) in [5, 5.41) is 0. The Balaban J connectivity index is 1.79. The van der Waals surface area contributed by atoms with Crippen molar-refractivity contribution < 1.29 is 14.3 Å². The Labute approximate surface area is 157 Å². The van der Waals surface area contributed by atoms with Crippen LogP contribution in [-0.2, 0) is 16.0 Å². The molecule has 1 saturated heterocycles. The zero-order chi connectivity index (χ0) is 19.3. The highest BCUT2D eigenvalue weighted by Crippen LogP contribution is 2.21. The van der Waals surface area contributed by atoms with Crippen molar-refractivity contribution in [3.63, 3.8) is 0 Å². The van der Waals surface area contributed by atoms with Crippen LogP contribution in [0.4, 0.5) is 4.79 Å². The van der Waals surface area contributed by atoms with Gasteiger partial charge in [0.15, 0.2) is 0 Å². The number of hydrogen-bond acceptors (Lipinski definition) is 3. The van der Waals surface area contributed by atoms with Crippen LogP contribution in [0.15, 0.2) is 24.3 Å². The zero-order valence-corrected chi connectivity index (χ0v) is 16.7. The van der Waals surface area contributed by atoms with Crippen LogP contribution < -0.4 is 0 Å². The molecule has 0 aromatic heterocycles. The molecule has 144 valence electrons. The number of aryl methyl sites for hydroxylation is 1. The minimum absolute atomic E-state index is 0.147. The number of carbonyl (C=O) groups is 2. The molecular weight excluding hydrogens is 328 g/mol. The van der Waals surface area contributed by atoms with Gasteiger partial charge in [0.25, 0.3) is 0 Å². The molecule has 0 saturated carbocycles. The first-order valence-corrected chi connectivity index (χ1v) is 9.42. The predicted molar refractivity (Wildman–Crippen MR) is 103 cm³/mol. The van der Waals surface area contributed by atoms with Crippen molar-refractivity contribution >= 4 is 12.0 Å². The lowest BCUT2D eigenvalue weighted by Crippen LogP contribution is -2.44. The fraction of sp³-hybridized carbons (Fsp3) is 0.619. The van der Waals surface area contributed by atoms with E-state index in [0.717, 1.165) is 30.5 Å². The smallest absolute Gasteiger partial charge is 0.410 e. The van der Waals surface area contributed by atoms with E-state index in [0.29, 0.717) is 25.4 Å². The highest BCUT2D eigenvalue weighted by atomic mass is 16.6. The molecule has 1 aromatic rings. The fourth-order valence-corrected chi connectivity index (χ4v) is 3.22. The number of likely N-dealkylation sites (tertiary alicyclic amines) is 1. The summed E-state index contributed by atoms with van der Waals surface area (Å²) in [6.45, 7) is 9.81. The predicted octanol–water partition coefficient (Wildman–Crippen LogP) is 3.64. The normalized spacial score (nSPS) is 15.7. The van der Waals surface area contributed by atoms with Crippen LogP contribution in [0.5, 0.6) is 0 Å². The number of carbonyl (C=O) groups excluding carboxylic acids is 2. The molecule has 1 heterocycles. The Morgan fingerprint density at radius 3 is 2.38 bits per heavy atom. The van der Waals surface area contributed by atoms with Crippen molar-refractivity contribution in [2.45, 2.75) is 52.6 Å². The molecule has 0 spiro atoms. The van der Waals surface area contributed by atoms with Crippen LogP contribution in [0.25, 0.3) is 0 Å². The summed E-state index contributed by atoms with van der Waals surface area (Å²) in [6.07, 6.45) is 2.02. The van der Waals surface area contributed by atoms with Gasteiger partial charge in [-0.25, -0.2) is 4.79 Å². The van der Waals surface area contributed by atoms with Gasteiger partial charge in [-0.1, -0.05) is 24.3 Å². The van der Waals surface area contributed by atoms with E-state index in [2.05, 4.69) is 0 Å². The molecule has 1 aliphatic rings. The molecule has 0 unspecified atom stereocenters. The van der Waals surface area contributed by atoms with Crippen LogP contribution in [-0.4, -0.2) is 54.1 Å². The fourth-order valence-electron chi connectivity index (χ4n) is 3.22. The third-order valence-corrected chi connectivity index (χ3v) is 4.83. The van der Waals surface area contributed by atoms with Gasteiger partial charge in [-0.2, -0.15) is 0 Å². The molecule has 0 atom stereocenters. The van der Waals surface area contributed by atoms with E-state index in [1.807, 2.05) is 63.9 Å². The quantitative estimate of drug-likeness (QED) is 0.824. The van der Waals surface area contributed by atoms with E-state index in [1.54, 1.807) is 4.90 Å². The van der Waals surface area contributed by atoms with Crippen LogP contribution in [0, 0.1) is 12.8 Å². The molecule has 0 radical (unpaired) electrons. The van der Waals surface area contributed by atoms with Crippen LogP contribution in [0.3, 0.4) is 0 Å². The molecule has 0 aliphatic carbocycles. The van der Waals surface area contributed by atoms with Crippen LogP contribution >= 0.6 is 0 Å². The Hall–Kier alpha value is -2.04. The molecule has 0 N–H and O–H groups in total. The second-order valence-electron chi connectivity index (χ2n) is 8.29. The maximum Gasteiger partial charge on any atom is 0.410 e. The second kappa shape index (κ2) is 8.56. The van der Waals surface area contributed by atoms with E-state index in [4.69, 9.17) is 4.74 Å². The van der Waals surface area contributed by atoms with Crippen molar-refractivity contribution in [3.05, 3.63) is 35.4 Å². The minimum Gasteiger partial charge on any atom is -0.444 e. The monoisotopic (exact) mass is 360 g/mol. The van der Waals surface area contributed by atoms with E-state index in [-0.39, 0.29) is 12.0 Å². The molecule has 5 heteroatoms. The largest absolute Gasteiger partial charge is 0.444 e. The van der Waals surface area contributed by atoms with Crippen molar-refractivity contribution in [3.8, 4) is 0 Å². The van der Waals surface area contributed by atoms with Gasteiger partial charge in [-0.05, 0) is 57.6 Å². The Bertz CT molecular complexity index is 628. The lowest BCUT2D eigenvalue weighted by Gasteiger charge is -2.34. The minimum atomic E-state index is -0.462. The zero-order valence-electron chi connectivity index (χ0n) is 16.7. The van der Waals surface area contributed by atoms with Gasteiger partial charge in [0.1, 0.15) is 5.60 Å². The van der Waals surface area contributed by atoms with Crippen LogP contribution in [0.2, 0.25) is 0 Å². The lowest BCUT2D eigenvalue weighted by molar-refractivity contribution is -0.130. The summed E-state index contributed by atoms with van der Waals surface area (Å²) < 4.78 is 5.43. The Kier molecular flexibility index (Phi) is 6.68. The summed E-state index contributed by atoms with van der Waals surface area (Å²) in [4.78, 5) is 28.2. The van der Waals surface area contributed by atoms with Gasteiger partial charge >= 0.3 is 6.09 Å². The number of rotatable bonds is 4. The molecule has 2 amide bonds. The molecule has 1 fully saturated rings. The summed E-state index contributed by atoms with van der Waals surface area (Å²) in [7, 11) is 1.88. The maximum atomic E-state index is 12.5. The lowest BCUT2D eigenvalue weighted by atomic mass is 9.96. The van der Waals surface area contributed by atoms with Gasteiger partial charge in [-0.3, -0.25) is 4.79 Å². The second-order valence-corrected chi connectivity index (χ2v) is 8.29. The summed E-state index contributed by atoms with van der Waals surface area (Å²) in [5.74, 6) is 0.577. The van der Waals surface area contributed by atoms with E-state index in [1.165, 1.54) is 0 Å². The first-order valence-electron chi connectivity index (χ1n) is 9.42. The van der Waals surface area contributed by atoms with Gasteiger partial charge in [0.05, 0.1) is 6.42 Å². The van der Waals surface area contributed by atoms with Crippen LogP contribution in [0.1, 0.15) is 44.7 Å². The maximum absolute atomic E-state index is 12.5. The SMILES string of the molecule is Cc1ccccc1CC(=O)N(C)CC1CCN(C(=O)OC(C)(C)C)CC1. The number of amides is 2. The molecular formula is C21H32N2O3. The molecule has 5 nitrogen and oxygen atoms in total. The number of piperidine rings is 1. The van der Waals surface area contributed by atoms with Gasteiger partial charge in [-0.15, -0.1) is 0 Å². The Morgan fingerprint density at radius 1 is 1.19 bits per heavy atom. The first-order chi connectivity index (χ1) is 12.2. The average molecular weight is 360 g/mol.